The number of nitrogens with one attached hydrogen (secondary N) is 1. The van der Waals surface area contributed by atoms with Gasteiger partial charge >= 0.3 is 0 Å². The molecule has 4 rings (SSSR count). The quantitative estimate of drug-likeness (QED) is 0.772. The smallest absolute Gasteiger partial charge is 0.244 e. The summed E-state index contributed by atoms with van der Waals surface area (Å²) < 4.78 is 1.67. The molecule has 3 heterocycles. The van der Waals surface area contributed by atoms with Gasteiger partial charge in [0.2, 0.25) is 5.91 Å². The second-order valence-corrected chi connectivity index (χ2v) is 6.14. The molecule has 0 unspecified atom stereocenters. The van der Waals surface area contributed by atoms with E-state index in [-0.39, 0.29) is 12.5 Å². The standard InChI is InChI=1S/C17H19N7O/c25-17(12-24-15-5-2-1-4-14(15)20-22-24)23-10-7-13(8-11-23)19-16-6-3-9-18-21-16/h1-6,9,13H,7-8,10-12H2,(H,19,21). The Morgan fingerprint density at radius 3 is 2.76 bits per heavy atom. The van der Waals surface area contributed by atoms with Crippen LogP contribution in [0.3, 0.4) is 0 Å². The predicted octanol–water partition coefficient (Wildman–Crippen LogP) is 1.32. The van der Waals surface area contributed by atoms with Crippen molar-refractivity contribution in [2.24, 2.45) is 0 Å². The van der Waals surface area contributed by atoms with E-state index in [2.05, 4.69) is 25.8 Å². The number of rotatable bonds is 4. The van der Waals surface area contributed by atoms with E-state index in [0.29, 0.717) is 6.04 Å². The summed E-state index contributed by atoms with van der Waals surface area (Å²) in [5, 5.41) is 19.5. The van der Waals surface area contributed by atoms with E-state index < -0.39 is 0 Å². The first-order valence-corrected chi connectivity index (χ1v) is 8.40. The van der Waals surface area contributed by atoms with Crippen molar-refractivity contribution in [3.63, 3.8) is 0 Å². The molecule has 1 aliphatic heterocycles. The van der Waals surface area contributed by atoms with Crippen LogP contribution in [0.1, 0.15) is 12.8 Å². The zero-order valence-corrected chi connectivity index (χ0v) is 13.7. The average Bonchev–Trinajstić information content (AvgIpc) is 3.06. The molecule has 1 saturated heterocycles. The van der Waals surface area contributed by atoms with Gasteiger partial charge in [-0.3, -0.25) is 4.79 Å². The zero-order chi connectivity index (χ0) is 17.1. The number of likely N-dealkylation sites (tertiary alicyclic amines) is 1. The fourth-order valence-electron chi connectivity index (χ4n) is 3.12. The van der Waals surface area contributed by atoms with Crippen LogP contribution in [0.5, 0.6) is 0 Å². The molecule has 1 amide bonds. The van der Waals surface area contributed by atoms with Crippen LogP contribution in [0.15, 0.2) is 42.6 Å². The summed E-state index contributed by atoms with van der Waals surface area (Å²) in [4.78, 5) is 14.5. The predicted molar refractivity (Wildman–Crippen MR) is 92.8 cm³/mol. The highest BCUT2D eigenvalue weighted by Crippen LogP contribution is 2.16. The van der Waals surface area contributed by atoms with Crippen molar-refractivity contribution in [1.82, 2.24) is 30.1 Å². The molecule has 8 nitrogen and oxygen atoms in total. The van der Waals surface area contributed by atoms with Crippen LogP contribution in [-0.4, -0.2) is 55.1 Å². The Bertz CT molecular complexity index is 856. The zero-order valence-electron chi connectivity index (χ0n) is 13.7. The number of anilines is 1. The molecule has 25 heavy (non-hydrogen) atoms. The lowest BCUT2D eigenvalue weighted by molar-refractivity contribution is -0.132. The number of para-hydroxylation sites is 1. The molecule has 0 radical (unpaired) electrons. The van der Waals surface area contributed by atoms with Crippen molar-refractivity contribution in [1.29, 1.82) is 0 Å². The maximum Gasteiger partial charge on any atom is 0.244 e. The van der Waals surface area contributed by atoms with E-state index in [9.17, 15) is 4.79 Å². The van der Waals surface area contributed by atoms with E-state index >= 15 is 0 Å². The molecule has 0 aliphatic carbocycles. The number of benzene rings is 1. The van der Waals surface area contributed by atoms with Crippen LogP contribution in [0.4, 0.5) is 5.82 Å². The maximum atomic E-state index is 12.6. The first kappa shape index (κ1) is 15.5. The lowest BCUT2D eigenvalue weighted by atomic mass is 10.0. The van der Waals surface area contributed by atoms with Gasteiger partial charge in [0, 0.05) is 25.3 Å². The number of carbonyl (C=O) groups is 1. The largest absolute Gasteiger partial charge is 0.366 e. The van der Waals surface area contributed by atoms with Crippen molar-refractivity contribution in [2.45, 2.75) is 25.4 Å². The Labute approximate surface area is 144 Å². The summed E-state index contributed by atoms with van der Waals surface area (Å²) in [7, 11) is 0. The molecule has 1 fully saturated rings. The summed E-state index contributed by atoms with van der Waals surface area (Å²) in [6.45, 7) is 1.68. The minimum atomic E-state index is 0.0774. The second kappa shape index (κ2) is 6.84. The topological polar surface area (TPSA) is 88.8 Å². The summed E-state index contributed by atoms with van der Waals surface area (Å²) >= 11 is 0. The second-order valence-electron chi connectivity index (χ2n) is 6.14. The molecule has 0 atom stereocenters. The molecule has 8 heteroatoms. The van der Waals surface area contributed by atoms with Gasteiger partial charge < -0.3 is 10.2 Å². The molecule has 1 aromatic carbocycles. The Morgan fingerprint density at radius 1 is 1.12 bits per heavy atom. The Kier molecular flexibility index (Phi) is 4.24. The van der Waals surface area contributed by atoms with Crippen LogP contribution in [0, 0.1) is 0 Å². The molecule has 1 N–H and O–H groups in total. The number of aromatic nitrogens is 5. The van der Waals surface area contributed by atoms with Crippen LogP contribution < -0.4 is 5.32 Å². The lowest BCUT2D eigenvalue weighted by Crippen LogP contribution is -2.43. The molecule has 3 aromatic rings. The van der Waals surface area contributed by atoms with Gasteiger partial charge in [-0.1, -0.05) is 17.3 Å². The van der Waals surface area contributed by atoms with Crippen molar-refractivity contribution >= 4 is 22.8 Å². The minimum Gasteiger partial charge on any atom is -0.366 e. The monoisotopic (exact) mass is 337 g/mol. The molecule has 1 aliphatic rings. The van der Waals surface area contributed by atoms with Gasteiger partial charge in [-0.25, -0.2) is 4.68 Å². The fraction of sp³-hybridized carbons (Fsp3) is 0.353. The molecule has 128 valence electrons. The van der Waals surface area contributed by atoms with Crippen LogP contribution in [-0.2, 0) is 11.3 Å². The van der Waals surface area contributed by atoms with E-state index in [0.717, 1.165) is 42.8 Å². The van der Waals surface area contributed by atoms with Crippen molar-refractivity contribution < 1.29 is 4.79 Å². The van der Waals surface area contributed by atoms with Gasteiger partial charge in [-0.15, -0.1) is 10.2 Å². The fourth-order valence-corrected chi connectivity index (χ4v) is 3.12. The SMILES string of the molecule is O=C(Cn1nnc2ccccc21)N1CCC(Nc2cccnn2)CC1. The van der Waals surface area contributed by atoms with Crippen LogP contribution in [0.25, 0.3) is 11.0 Å². The molecule has 2 aromatic heterocycles. The van der Waals surface area contributed by atoms with Crippen LogP contribution in [0.2, 0.25) is 0 Å². The number of hydrogen-bond acceptors (Lipinski definition) is 6. The van der Waals surface area contributed by atoms with Gasteiger partial charge in [-0.2, -0.15) is 5.10 Å². The Morgan fingerprint density at radius 2 is 1.96 bits per heavy atom. The third-order valence-corrected chi connectivity index (χ3v) is 4.48. The molecule has 0 saturated carbocycles. The number of hydrogen-bond donors (Lipinski definition) is 1. The Balaban J connectivity index is 1.33. The molecule has 0 bridgehead atoms. The molecular weight excluding hydrogens is 318 g/mol. The first-order chi connectivity index (χ1) is 12.3. The maximum absolute atomic E-state index is 12.6. The third-order valence-electron chi connectivity index (χ3n) is 4.48. The number of amides is 1. The van der Waals surface area contributed by atoms with E-state index in [1.807, 2.05) is 41.3 Å². The van der Waals surface area contributed by atoms with Gasteiger partial charge in [0.05, 0.1) is 5.52 Å². The van der Waals surface area contributed by atoms with Crippen molar-refractivity contribution in [2.75, 3.05) is 18.4 Å². The number of piperidine rings is 1. The van der Waals surface area contributed by atoms with E-state index in [1.165, 1.54) is 0 Å². The summed E-state index contributed by atoms with van der Waals surface area (Å²) in [5.74, 6) is 0.856. The third kappa shape index (κ3) is 3.42. The number of nitrogens with zero attached hydrogens (tertiary/aromatic N) is 6. The van der Waals surface area contributed by atoms with E-state index in [4.69, 9.17) is 0 Å². The summed E-state index contributed by atoms with van der Waals surface area (Å²) in [5.41, 5.74) is 1.69. The molecule has 0 spiro atoms. The van der Waals surface area contributed by atoms with Gasteiger partial charge in [0.25, 0.3) is 0 Å². The van der Waals surface area contributed by atoms with Crippen molar-refractivity contribution in [3.05, 3.63) is 42.6 Å². The van der Waals surface area contributed by atoms with Crippen LogP contribution >= 0.6 is 0 Å². The Hall–Kier alpha value is -3.03. The average molecular weight is 337 g/mol. The van der Waals surface area contributed by atoms with E-state index in [1.54, 1.807) is 10.9 Å². The first-order valence-electron chi connectivity index (χ1n) is 8.40. The van der Waals surface area contributed by atoms with Gasteiger partial charge in [-0.05, 0) is 37.1 Å². The van der Waals surface area contributed by atoms with Crippen molar-refractivity contribution in [3.8, 4) is 0 Å². The normalized spacial score (nSPS) is 15.4. The summed E-state index contributed by atoms with van der Waals surface area (Å²) in [6.07, 6.45) is 3.43. The van der Waals surface area contributed by atoms with Gasteiger partial charge in [0.15, 0.2) is 0 Å². The molecular formula is C17H19N7O. The highest BCUT2D eigenvalue weighted by Gasteiger charge is 2.23. The summed E-state index contributed by atoms with van der Waals surface area (Å²) in [6, 6.07) is 11.7. The highest BCUT2D eigenvalue weighted by molar-refractivity contribution is 5.79. The highest BCUT2D eigenvalue weighted by atomic mass is 16.2. The number of carbonyl (C=O) groups excluding carboxylic acids is 1. The van der Waals surface area contributed by atoms with Gasteiger partial charge in [0.1, 0.15) is 17.9 Å². The number of fused-ring (bicyclic) bond motifs is 1. The lowest BCUT2D eigenvalue weighted by Gasteiger charge is -2.32. The minimum absolute atomic E-state index is 0.0774.